The summed E-state index contributed by atoms with van der Waals surface area (Å²) in [5, 5.41) is 13.8. The molecule has 3 N–H and O–H groups in total. The molecule has 1 rings (SSSR count). The second kappa shape index (κ2) is 7.08. The smallest absolute Gasteiger partial charge is 0.328 e. The van der Waals surface area contributed by atoms with Crippen molar-refractivity contribution in [2.24, 2.45) is 0 Å². The number of methoxy groups -OCH3 is 1. The number of amides is 2. The summed E-state index contributed by atoms with van der Waals surface area (Å²) in [5.41, 5.74) is 0. The maximum absolute atomic E-state index is 11.5. The van der Waals surface area contributed by atoms with Gasteiger partial charge in [0.05, 0.1) is 19.3 Å². The lowest BCUT2D eigenvalue weighted by Gasteiger charge is -2.24. The zero-order valence-corrected chi connectivity index (χ0v) is 9.77. The zero-order valence-electron chi connectivity index (χ0n) is 9.77. The third-order valence-electron chi connectivity index (χ3n) is 2.43. The quantitative estimate of drug-likeness (QED) is 0.611. The average molecular weight is 246 g/mol. The molecular formula is C10H18N2O5. The number of carbonyl (C=O) groups excluding carboxylic acids is 1. The number of nitrogens with one attached hydrogen (secondary N) is 2. The topological polar surface area (TPSA) is 96.9 Å². The number of rotatable bonds is 5. The molecule has 98 valence electrons. The van der Waals surface area contributed by atoms with Crippen molar-refractivity contribution in [3.05, 3.63) is 0 Å². The summed E-state index contributed by atoms with van der Waals surface area (Å²) in [6.45, 7) is 1.11. The van der Waals surface area contributed by atoms with Gasteiger partial charge in [0, 0.05) is 13.7 Å². The molecule has 0 radical (unpaired) electrons. The highest BCUT2D eigenvalue weighted by Crippen LogP contribution is 2.05. The molecule has 7 nitrogen and oxygen atoms in total. The fraction of sp³-hybridized carbons (Fsp3) is 0.800. The van der Waals surface area contributed by atoms with Crippen LogP contribution in [0.1, 0.15) is 12.8 Å². The Hall–Kier alpha value is -1.34. The Morgan fingerprint density at radius 3 is 2.88 bits per heavy atom. The summed E-state index contributed by atoms with van der Waals surface area (Å²) in [4.78, 5) is 22.3. The maximum Gasteiger partial charge on any atom is 0.328 e. The first-order chi connectivity index (χ1) is 8.13. The van der Waals surface area contributed by atoms with E-state index in [1.54, 1.807) is 0 Å². The Morgan fingerprint density at radius 2 is 2.35 bits per heavy atom. The normalized spacial score (nSPS) is 21.6. The van der Waals surface area contributed by atoms with Crippen molar-refractivity contribution in [3.63, 3.8) is 0 Å². The van der Waals surface area contributed by atoms with Gasteiger partial charge in [0.25, 0.3) is 0 Å². The predicted octanol–water partition coefficient (Wildman–Crippen LogP) is -0.436. The number of ether oxygens (including phenoxy) is 2. The molecule has 1 aliphatic heterocycles. The van der Waals surface area contributed by atoms with Gasteiger partial charge in [0.15, 0.2) is 6.04 Å². The molecule has 2 atom stereocenters. The van der Waals surface area contributed by atoms with E-state index in [1.807, 2.05) is 0 Å². The van der Waals surface area contributed by atoms with Crippen molar-refractivity contribution >= 4 is 12.0 Å². The minimum absolute atomic E-state index is 0.0549. The Morgan fingerprint density at radius 1 is 1.59 bits per heavy atom. The molecule has 17 heavy (non-hydrogen) atoms. The van der Waals surface area contributed by atoms with Crippen LogP contribution >= 0.6 is 0 Å². The van der Waals surface area contributed by atoms with Crippen LogP contribution in [0.3, 0.4) is 0 Å². The van der Waals surface area contributed by atoms with Crippen LogP contribution in [0.2, 0.25) is 0 Å². The van der Waals surface area contributed by atoms with Gasteiger partial charge < -0.3 is 25.2 Å². The summed E-state index contributed by atoms with van der Waals surface area (Å²) < 4.78 is 9.91. The van der Waals surface area contributed by atoms with Crippen LogP contribution in [-0.2, 0) is 14.3 Å². The predicted molar refractivity (Wildman–Crippen MR) is 58.8 cm³/mol. The Labute approximate surface area is 99.5 Å². The van der Waals surface area contributed by atoms with Crippen LogP contribution in [-0.4, -0.2) is 56.1 Å². The fourth-order valence-corrected chi connectivity index (χ4v) is 1.58. The highest BCUT2D eigenvalue weighted by molar-refractivity contribution is 5.82. The van der Waals surface area contributed by atoms with E-state index in [1.165, 1.54) is 7.11 Å². The van der Waals surface area contributed by atoms with Gasteiger partial charge in [-0.2, -0.15) is 0 Å². The molecule has 0 aromatic carbocycles. The lowest BCUT2D eigenvalue weighted by molar-refractivity contribution is -0.140. The summed E-state index contributed by atoms with van der Waals surface area (Å²) in [7, 11) is 1.38. The van der Waals surface area contributed by atoms with E-state index in [0.29, 0.717) is 13.2 Å². The number of hydrogen-bond acceptors (Lipinski definition) is 4. The first-order valence-corrected chi connectivity index (χ1v) is 5.50. The lowest BCUT2D eigenvalue weighted by Crippen LogP contribution is -2.52. The molecule has 0 saturated carbocycles. The second-order valence-electron chi connectivity index (χ2n) is 3.88. The molecular weight excluding hydrogens is 228 g/mol. The minimum Gasteiger partial charge on any atom is -0.480 e. The average Bonchev–Trinajstić information content (AvgIpc) is 2.29. The molecule has 2 unspecified atom stereocenters. The van der Waals surface area contributed by atoms with E-state index in [4.69, 9.17) is 14.6 Å². The molecule has 0 aromatic heterocycles. The van der Waals surface area contributed by atoms with E-state index in [9.17, 15) is 9.59 Å². The summed E-state index contributed by atoms with van der Waals surface area (Å²) in [5.74, 6) is -1.12. The number of carboxylic acids is 1. The van der Waals surface area contributed by atoms with Crippen molar-refractivity contribution in [2.45, 2.75) is 24.9 Å². The van der Waals surface area contributed by atoms with E-state index < -0.39 is 18.0 Å². The van der Waals surface area contributed by atoms with Crippen molar-refractivity contribution in [2.75, 3.05) is 26.9 Å². The van der Waals surface area contributed by atoms with E-state index >= 15 is 0 Å². The molecule has 0 spiro atoms. The van der Waals surface area contributed by atoms with Crippen LogP contribution in [0.5, 0.6) is 0 Å². The van der Waals surface area contributed by atoms with Gasteiger partial charge >= 0.3 is 12.0 Å². The Bertz CT molecular complexity index is 265. The Balaban J connectivity index is 2.33. The van der Waals surface area contributed by atoms with Gasteiger partial charge in [-0.05, 0) is 12.8 Å². The van der Waals surface area contributed by atoms with Crippen molar-refractivity contribution in [1.82, 2.24) is 10.6 Å². The summed E-state index contributed by atoms with van der Waals surface area (Å²) in [6.07, 6.45) is 1.74. The van der Waals surface area contributed by atoms with E-state index in [-0.39, 0.29) is 12.6 Å². The lowest BCUT2D eigenvalue weighted by atomic mass is 10.1. The first-order valence-electron chi connectivity index (χ1n) is 5.50. The fourth-order valence-electron chi connectivity index (χ4n) is 1.58. The number of urea groups is 1. The molecule has 2 amide bonds. The molecule has 0 aromatic rings. The molecule has 1 aliphatic rings. The van der Waals surface area contributed by atoms with Crippen molar-refractivity contribution < 1.29 is 24.2 Å². The van der Waals surface area contributed by atoms with Crippen LogP contribution in [0.4, 0.5) is 4.79 Å². The Kier molecular flexibility index (Phi) is 5.71. The van der Waals surface area contributed by atoms with Crippen molar-refractivity contribution in [3.8, 4) is 0 Å². The van der Waals surface area contributed by atoms with Gasteiger partial charge in [-0.25, -0.2) is 9.59 Å². The van der Waals surface area contributed by atoms with Crippen LogP contribution < -0.4 is 10.6 Å². The number of hydrogen-bond donors (Lipinski definition) is 3. The number of aliphatic carboxylic acids is 1. The number of carbonyl (C=O) groups is 2. The molecule has 1 heterocycles. The standard InChI is InChI=1S/C10H18N2O5/c1-16-6-8(9(13)14)12-10(15)11-7-3-2-4-17-5-7/h7-8H,2-6H2,1H3,(H,13,14)(H2,11,12,15). The third kappa shape index (κ3) is 5.01. The summed E-state index contributed by atoms with van der Waals surface area (Å²) >= 11 is 0. The molecule has 1 saturated heterocycles. The van der Waals surface area contributed by atoms with Gasteiger partial charge in [-0.3, -0.25) is 0 Å². The SMILES string of the molecule is COCC(NC(=O)NC1CCCOC1)C(=O)O. The third-order valence-corrected chi connectivity index (χ3v) is 2.43. The van der Waals surface area contributed by atoms with E-state index in [2.05, 4.69) is 10.6 Å². The highest BCUT2D eigenvalue weighted by atomic mass is 16.5. The highest BCUT2D eigenvalue weighted by Gasteiger charge is 2.22. The second-order valence-corrected chi connectivity index (χ2v) is 3.88. The minimum atomic E-state index is -1.12. The maximum atomic E-state index is 11.5. The van der Waals surface area contributed by atoms with Crippen LogP contribution in [0, 0.1) is 0 Å². The zero-order chi connectivity index (χ0) is 12.7. The monoisotopic (exact) mass is 246 g/mol. The van der Waals surface area contributed by atoms with Crippen molar-refractivity contribution in [1.29, 1.82) is 0 Å². The van der Waals surface area contributed by atoms with Gasteiger partial charge in [0.2, 0.25) is 0 Å². The largest absolute Gasteiger partial charge is 0.480 e. The molecule has 0 aliphatic carbocycles. The van der Waals surface area contributed by atoms with Gasteiger partial charge in [-0.15, -0.1) is 0 Å². The van der Waals surface area contributed by atoms with Gasteiger partial charge in [-0.1, -0.05) is 0 Å². The van der Waals surface area contributed by atoms with Crippen LogP contribution in [0.25, 0.3) is 0 Å². The van der Waals surface area contributed by atoms with Crippen LogP contribution in [0.15, 0.2) is 0 Å². The van der Waals surface area contributed by atoms with Gasteiger partial charge in [0.1, 0.15) is 0 Å². The first kappa shape index (κ1) is 13.7. The van der Waals surface area contributed by atoms with E-state index in [0.717, 1.165) is 12.8 Å². The molecule has 7 heteroatoms. The molecule has 0 bridgehead atoms. The number of carboxylic acid groups (broad SMARTS) is 1. The molecule has 1 fully saturated rings. The summed E-state index contributed by atoms with van der Waals surface area (Å²) in [6, 6.07) is -1.60.